The third kappa shape index (κ3) is 6.09. The van der Waals surface area contributed by atoms with E-state index in [1.165, 1.54) is 10.6 Å². The SMILES string of the molecule is CCc1ccc(OCC(=O)OCC(=O)N2N=C(c3ccc4ccccc4c3)CC2c2ccc(OC)cc2)cc1. The van der Waals surface area contributed by atoms with Crippen LogP contribution in [0.25, 0.3) is 10.8 Å². The molecule has 1 aliphatic rings. The predicted octanol–water partition coefficient (Wildman–Crippen LogP) is 5.71. The van der Waals surface area contributed by atoms with Crippen LogP contribution in [-0.2, 0) is 20.7 Å². The van der Waals surface area contributed by atoms with Crippen LogP contribution in [-0.4, -0.2) is 42.9 Å². The third-order valence-electron chi connectivity index (χ3n) is 6.79. The lowest BCUT2D eigenvalue weighted by Gasteiger charge is -2.22. The van der Waals surface area contributed by atoms with Crippen molar-refractivity contribution in [3.8, 4) is 11.5 Å². The lowest BCUT2D eigenvalue weighted by molar-refractivity contribution is -0.154. The van der Waals surface area contributed by atoms with Crippen molar-refractivity contribution in [3.63, 3.8) is 0 Å². The zero-order chi connectivity index (χ0) is 27.2. The summed E-state index contributed by atoms with van der Waals surface area (Å²) in [6, 6.07) is 29.0. The van der Waals surface area contributed by atoms with Gasteiger partial charge < -0.3 is 14.2 Å². The number of hydrogen-bond donors (Lipinski definition) is 0. The minimum Gasteiger partial charge on any atom is -0.497 e. The van der Waals surface area contributed by atoms with Gasteiger partial charge in [-0.3, -0.25) is 4.79 Å². The van der Waals surface area contributed by atoms with Gasteiger partial charge in [-0.25, -0.2) is 9.80 Å². The summed E-state index contributed by atoms with van der Waals surface area (Å²) >= 11 is 0. The largest absolute Gasteiger partial charge is 0.497 e. The molecule has 0 N–H and O–H groups in total. The topological polar surface area (TPSA) is 77.4 Å². The number of benzene rings is 4. The highest BCUT2D eigenvalue weighted by Crippen LogP contribution is 2.34. The van der Waals surface area contributed by atoms with E-state index in [4.69, 9.17) is 19.3 Å². The summed E-state index contributed by atoms with van der Waals surface area (Å²) in [6.07, 6.45) is 1.45. The fraction of sp³-hybridized carbons (Fsp3) is 0.219. The molecule has 0 fully saturated rings. The van der Waals surface area contributed by atoms with Crippen LogP contribution < -0.4 is 9.47 Å². The Balaban J connectivity index is 1.29. The summed E-state index contributed by atoms with van der Waals surface area (Å²) in [6.45, 7) is 1.35. The number of nitrogens with zero attached hydrogens (tertiary/aromatic N) is 2. The minimum atomic E-state index is -0.623. The van der Waals surface area contributed by atoms with E-state index < -0.39 is 18.5 Å². The Morgan fingerprint density at radius 2 is 1.59 bits per heavy atom. The Kier molecular flexibility index (Phi) is 7.87. The molecule has 1 unspecified atom stereocenters. The number of methoxy groups -OCH3 is 1. The maximum atomic E-state index is 13.3. The van der Waals surface area contributed by atoms with Gasteiger partial charge in [0.15, 0.2) is 13.2 Å². The number of amides is 1. The summed E-state index contributed by atoms with van der Waals surface area (Å²) < 4.78 is 16.1. The zero-order valence-corrected chi connectivity index (χ0v) is 22.0. The summed E-state index contributed by atoms with van der Waals surface area (Å²) in [5, 5.41) is 8.35. The standard InChI is InChI=1S/C32H30N2O5/c1-3-22-8-14-28(15-9-22)38-21-32(36)39-20-31(35)34-30(24-12-16-27(37-2)17-13-24)19-29(33-34)26-11-10-23-6-4-5-7-25(23)18-26/h4-18,30H,3,19-21H2,1-2H3. The van der Waals surface area contributed by atoms with Crippen molar-refractivity contribution >= 4 is 28.4 Å². The molecule has 1 heterocycles. The second-order valence-corrected chi connectivity index (χ2v) is 9.29. The van der Waals surface area contributed by atoms with Gasteiger partial charge in [-0.2, -0.15) is 5.10 Å². The molecule has 39 heavy (non-hydrogen) atoms. The van der Waals surface area contributed by atoms with Gasteiger partial charge in [-0.1, -0.05) is 67.6 Å². The van der Waals surface area contributed by atoms with Gasteiger partial charge in [0.2, 0.25) is 0 Å². The number of carbonyl (C=O) groups excluding carboxylic acids is 2. The summed E-state index contributed by atoms with van der Waals surface area (Å²) in [7, 11) is 1.61. The van der Waals surface area contributed by atoms with E-state index in [-0.39, 0.29) is 12.6 Å². The van der Waals surface area contributed by atoms with Crippen molar-refractivity contribution < 1.29 is 23.8 Å². The van der Waals surface area contributed by atoms with Crippen LogP contribution in [0.15, 0.2) is 96.1 Å². The normalized spacial score (nSPS) is 14.7. The van der Waals surface area contributed by atoms with Gasteiger partial charge >= 0.3 is 5.97 Å². The van der Waals surface area contributed by atoms with Gasteiger partial charge in [0.1, 0.15) is 11.5 Å². The molecule has 1 aliphatic heterocycles. The van der Waals surface area contributed by atoms with Crippen molar-refractivity contribution in [2.24, 2.45) is 5.10 Å². The highest BCUT2D eigenvalue weighted by atomic mass is 16.6. The predicted molar refractivity (Wildman–Crippen MR) is 150 cm³/mol. The van der Waals surface area contributed by atoms with Crippen LogP contribution in [0.3, 0.4) is 0 Å². The Labute approximate surface area is 227 Å². The maximum absolute atomic E-state index is 13.3. The molecule has 7 nitrogen and oxygen atoms in total. The molecule has 0 saturated carbocycles. The van der Waals surface area contributed by atoms with Gasteiger partial charge in [-0.15, -0.1) is 0 Å². The van der Waals surface area contributed by atoms with Crippen LogP contribution in [0, 0.1) is 0 Å². The van der Waals surface area contributed by atoms with Crippen molar-refractivity contribution in [3.05, 3.63) is 108 Å². The number of carbonyl (C=O) groups is 2. The third-order valence-corrected chi connectivity index (χ3v) is 6.79. The summed E-state index contributed by atoms with van der Waals surface area (Å²) in [5.41, 5.74) is 3.83. The quantitative estimate of drug-likeness (QED) is 0.263. The average molecular weight is 523 g/mol. The van der Waals surface area contributed by atoms with E-state index in [2.05, 4.69) is 31.2 Å². The monoisotopic (exact) mass is 522 g/mol. The number of fused-ring (bicyclic) bond motifs is 1. The van der Waals surface area contributed by atoms with Gasteiger partial charge in [0.05, 0.1) is 18.9 Å². The van der Waals surface area contributed by atoms with Crippen LogP contribution in [0.2, 0.25) is 0 Å². The van der Waals surface area contributed by atoms with Crippen molar-refractivity contribution in [2.45, 2.75) is 25.8 Å². The molecular weight excluding hydrogens is 492 g/mol. The van der Waals surface area contributed by atoms with Crippen LogP contribution in [0.1, 0.15) is 36.1 Å². The number of aryl methyl sites for hydroxylation is 1. The first-order valence-corrected chi connectivity index (χ1v) is 12.9. The molecule has 1 atom stereocenters. The second kappa shape index (κ2) is 11.8. The smallest absolute Gasteiger partial charge is 0.344 e. The molecule has 5 rings (SSSR count). The van der Waals surface area contributed by atoms with Gasteiger partial charge in [0.25, 0.3) is 5.91 Å². The Morgan fingerprint density at radius 1 is 0.872 bits per heavy atom. The van der Waals surface area contributed by atoms with E-state index >= 15 is 0 Å². The number of ether oxygens (including phenoxy) is 3. The molecule has 1 amide bonds. The Bertz CT molecular complexity index is 1500. The summed E-state index contributed by atoms with van der Waals surface area (Å²) in [5.74, 6) is 0.261. The fourth-order valence-corrected chi connectivity index (χ4v) is 4.58. The van der Waals surface area contributed by atoms with E-state index in [0.29, 0.717) is 12.2 Å². The molecule has 7 heteroatoms. The number of hydrogen-bond acceptors (Lipinski definition) is 6. The maximum Gasteiger partial charge on any atom is 0.344 e. The van der Waals surface area contributed by atoms with E-state index in [1.54, 1.807) is 7.11 Å². The molecule has 0 aromatic heterocycles. The first-order chi connectivity index (χ1) is 19.0. The Morgan fingerprint density at radius 3 is 2.31 bits per heavy atom. The van der Waals surface area contributed by atoms with E-state index in [9.17, 15) is 9.59 Å². The summed E-state index contributed by atoms with van der Waals surface area (Å²) in [4.78, 5) is 25.6. The fourth-order valence-electron chi connectivity index (χ4n) is 4.58. The lowest BCUT2D eigenvalue weighted by atomic mass is 9.97. The molecule has 0 aliphatic carbocycles. The van der Waals surface area contributed by atoms with E-state index in [0.717, 1.165) is 39.8 Å². The molecule has 4 aromatic carbocycles. The molecule has 0 bridgehead atoms. The van der Waals surface area contributed by atoms with Gasteiger partial charge in [-0.05, 0) is 64.2 Å². The molecule has 0 radical (unpaired) electrons. The van der Waals surface area contributed by atoms with Crippen molar-refractivity contribution in [2.75, 3.05) is 20.3 Å². The minimum absolute atomic E-state index is 0.285. The van der Waals surface area contributed by atoms with Crippen LogP contribution in [0.5, 0.6) is 11.5 Å². The molecule has 0 saturated heterocycles. The highest BCUT2D eigenvalue weighted by molar-refractivity contribution is 6.05. The first kappa shape index (κ1) is 26.0. The lowest BCUT2D eigenvalue weighted by Crippen LogP contribution is -2.32. The van der Waals surface area contributed by atoms with Gasteiger partial charge in [0, 0.05) is 6.42 Å². The van der Waals surface area contributed by atoms with Crippen molar-refractivity contribution in [1.29, 1.82) is 0 Å². The molecular formula is C32H30N2O5. The molecule has 198 valence electrons. The second-order valence-electron chi connectivity index (χ2n) is 9.29. The van der Waals surface area contributed by atoms with Crippen molar-refractivity contribution in [1.82, 2.24) is 5.01 Å². The number of hydrazone groups is 1. The zero-order valence-electron chi connectivity index (χ0n) is 22.0. The van der Waals surface area contributed by atoms with Crippen LogP contribution >= 0.6 is 0 Å². The average Bonchev–Trinajstić information content (AvgIpc) is 3.44. The molecule has 0 spiro atoms. The Hall–Kier alpha value is -4.65. The highest BCUT2D eigenvalue weighted by Gasteiger charge is 2.33. The van der Waals surface area contributed by atoms with E-state index in [1.807, 2.05) is 66.7 Å². The number of rotatable bonds is 9. The number of esters is 1. The molecule has 4 aromatic rings. The first-order valence-electron chi connectivity index (χ1n) is 12.9. The van der Waals surface area contributed by atoms with Crippen LogP contribution in [0.4, 0.5) is 0 Å².